The molecule has 0 aliphatic heterocycles. The van der Waals surface area contributed by atoms with E-state index >= 15 is 0 Å². The molecule has 0 unspecified atom stereocenters. The van der Waals surface area contributed by atoms with E-state index in [-0.39, 0.29) is 0 Å². The Morgan fingerprint density at radius 2 is 1.00 bits per heavy atom. The lowest BCUT2D eigenvalue weighted by Crippen LogP contribution is -2.09. The summed E-state index contributed by atoms with van der Waals surface area (Å²) in [6.45, 7) is 0. The molecule has 0 heterocycles. The van der Waals surface area contributed by atoms with Gasteiger partial charge in [0.15, 0.2) is 0 Å². The van der Waals surface area contributed by atoms with Crippen LogP contribution in [0.15, 0.2) is 84.9 Å². The molecule has 0 aliphatic rings. The van der Waals surface area contributed by atoms with E-state index in [4.69, 9.17) is 5.41 Å². The zero-order valence-electron chi connectivity index (χ0n) is 11.6. The summed E-state index contributed by atoms with van der Waals surface area (Å²) in [4.78, 5) is 2.20. The molecule has 0 amide bonds. The van der Waals surface area contributed by atoms with Crippen molar-refractivity contribution in [3.8, 4) is 0 Å². The van der Waals surface area contributed by atoms with E-state index in [1.165, 1.54) is 6.21 Å². The lowest BCUT2D eigenvalue weighted by atomic mass is 10.1. The first-order chi connectivity index (χ1) is 10.4. The maximum absolute atomic E-state index is 7.31. The van der Waals surface area contributed by atoms with Crippen LogP contribution in [-0.4, -0.2) is 6.21 Å². The van der Waals surface area contributed by atoms with Crippen molar-refractivity contribution in [1.82, 2.24) is 0 Å². The Morgan fingerprint density at radius 1 is 0.571 bits per heavy atom. The second-order valence-corrected chi connectivity index (χ2v) is 4.74. The highest BCUT2D eigenvalue weighted by Gasteiger charge is 2.10. The molecule has 1 N–H and O–H groups in total. The van der Waals surface area contributed by atoms with Gasteiger partial charge in [-0.2, -0.15) is 0 Å². The topological polar surface area (TPSA) is 27.1 Å². The third kappa shape index (κ3) is 2.84. The SMILES string of the molecule is N=Cc1ccc(N(c2ccccc2)c2ccccc2)cc1. The molecule has 2 nitrogen and oxygen atoms in total. The molecule has 2 heteroatoms. The van der Waals surface area contributed by atoms with E-state index in [1.54, 1.807) is 0 Å². The molecule has 3 rings (SSSR count). The Balaban J connectivity index is 2.09. The molecule has 0 saturated heterocycles. The van der Waals surface area contributed by atoms with Crippen LogP contribution in [0.25, 0.3) is 0 Å². The molecule has 0 atom stereocenters. The Morgan fingerprint density at radius 3 is 1.43 bits per heavy atom. The molecule has 21 heavy (non-hydrogen) atoms. The molecule has 0 saturated carbocycles. The second kappa shape index (κ2) is 6.06. The summed E-state index contributed by atoms with van der Waals surface area (Å²) >= 11 is 0. The van der Waals surface area contributed by atoms with Crippen LogP contribution in [0.3, 0.4) is 0 Å². The lowest BCUT2D eigenvalue weighted by molar-refractivity contribution is 1.28. The fraction of sp³-hybridized carbons (Fsp3) is 0. The summed E-state index contributed by atoms with van der Waals surface area (Å²) in [5, 5.41) is 7.31. The number of anilines is 3. The average molecular weight is 272 g/mol. The van der Waals surface area contributed by atoms with Gasteiger partial charge < -0.3 is 10.3 Å². The highest BCUT2D eigenvalue weighted by atomic mass is 15.1. The number of hydrogen-bond donors (Lipinski definition) is 1. The van der Waals surface area contributed by atoms with Crippen LogP contribution >= 0.6 is 0 Å². The van der Waals surface area contributed by atoms with Crippen molar-refractivity contribution in [3.05, 3.63) is 90.5 Å². The summed E-state index contributed by atoms with van der Waals surface area (Å²) < 4.78 is 0. The summed E-state index contributed by atoms with van der Waals surface area (Å²) in [6.07, 6.45) is 1.36. The van der Waals surface area contributed by atoms with Crippen LogP contribution in [0.1, 0.15) is 5.56 Å². The Kier molecular flexibility index (Phi) is 3.79. The number of benzene rings is 3. The van der Waals surface area contributed by atoms with Gasteiger partial charge in [0.05, 0.1) is 0 Å². The van der Waals surface area contributed by atoms with Gasteiger partial charge in [0.2, 0.25) is 0 Å². The first kappa shape index (κ1) is 13.1. The lowest BCUT2D eigenvalue weighted by Gasteiger charge is -2.25. The molecule has 0 aromatic heterocycles. The maximum atomic E-state index is 7.31. The third-order valence-corrected chi connectivity index (χ3v) is 3.35. The number of hydrogen-bond acceptors (Lipinski definition) is 2. The predicted molar refractivity (Wildman–Crippen MR) is 89.0 cm³/mol. The van der Waals surface area contributed by atoms with E-state index in [0.29, 0.717) is 0 Å². The van der Waals surface area contributed by atoms with Crippen LogP contribution < -0.4 is 4.90 Å². The summed E-state index contributed by atoms with van der Waals surface area (Å²) in [6, 6.07) is 28.6. The molecule has 102 valence electrons. The standard InChI is InChI=1S/C19H16N2/c20-15-16-11-13-19(14-12-16)21(17-7-3-1-4-8-17)18-9-5-2-6-10-18/h1-15,20H. The first-order valence-electron chi connectivity index (χ1n) is 6.89. The van der Waals surface area contributed by atoms with E-state index in [1.807, 2.05) is 60.7 Å². The summed E-state index contributed by atoms with van der Waals surface area (Å²) in [7, 11) is 0. The van der Waals surface area contributed by atoms with E-state index in [2.05, 4.69) is 29.2 Å². The molecule has 0 aliphatic carbocycles. The molecule has 0 radical (unpaired) electrons. The Labute approximate surface area is 124 Å². The van der Waals surface area contributed by atoms with E-state index < -0.39 is 0 Å². The van der Waals surface area contributed by atoms with Crippen molar-refractivity contribution in [2.24, 2.45) is 0 Å². The number of para-hydroxylation sites is 2. The molecule has 0 spiro atoms. The monoisotopic (exact) mass is 272 g/mol. The first-order valence-corrected chi connectivity index (χ1v) is 6.89. The average Bonchev–Trinajstić information content (AvgIpc) is 2.58. The minimum Gasteiger partial charge on any atom is -0.311 e. The van der Waals surface area contributed by atoms with Crippen molar-refractivity contribution in [3.63, 3.8) is 0 Å². The van der Waals surface area contributed by atoms with Crippen LogP contribution in [0.2, 0.25) is 0 Å². The van der Waals surface area contributed by atoms with Crippen LogP contribution in [0, 0.1) is 5.41 Å². The van der Waals surface area contributed by atoms with Gasteiger partial charge in [-0.3, -0.25) is 0 Å². The van der Waals surface area contributed by atoms with Gasteiger partial charge in [0, 0.05) is 23.3 Å². The molecule has 0 bridgehead atoms. The minimum atomic E-state index is 0.903. The normalized spacial score (nSPS) is 10.1. The van der Waals surface area contributed by atoms with Gasteiger partial charge in [0.1, 0.15) is 0 Å². The summed E-state index contributed by atoms with van der Waals surface area (Å²) in [5.41, 5.74) is 4.22. The van der Waals surface area contributed by atoms with Crippen molar-refractivity contribution < 1.29 is 0 Å². The van der Waals surface area contributed by atoms with Gasteiger partial charge in [-0.1, -0.05) is 48.5 Å². The quantitative estimate of drug-likeness (QED) is 0.653. The second-order valence-electron chi connectivity index (χ2n) is 4.74. The Bertz CT molecular complexity index is 664. The number of nitrogens with one attached hydrogen (secondary N) is 1. The Hall–Kier alpha value is -2.87. The maximum Gasteiger partial charge on any atom is 0.0462 e. The highest BCUT2D eigenvalue weighted by Crippen LogP contribution is 2.33. The number of nitrogens with zero attached hydrogens (tertiary/aromatic N) is 1. The summed E-state index contributed by atoms with van der Waals surface area (Å²) in [5.74, 6) is 0. The molecule has 3 aromatic carbocycles. The van der Waals surface area contributed by atoms with Gasteiger partial charge in [-0.25, -0.2) is 0 Å². The highest BCUT2D eigenvalue weighted by molar-refractivity contribution is 5.81. The fourth-order valence-electron chi connectivity index (χ4n) is 2.32. The van der Waals surface area contributed by atoms with Gasteiger partial charge in [-0.15, -0.1) is 0 Å². The molecule has 3 aromatic rings. The van der Waals surface area contributed by atoms with Gasteiger partial charge >= 0.3 is 0 Å². The largest absolute Gasteiger partial charge is 0.311 e. The van der Waals surface area contributed by atoms with Crippen molar-refractivity contribution in [2.45, 2.75) is 0 Å². The van der Waals surface area contributed by atoms with Crippen molar-refractivity contribution >= 4 is 23.3 Å². The van der Waals surface area contributed by atoms with Gasteiger partial charge in [-0.05, 0) is 42.0 Å². The zero-order chi connectivity index (χ0) is 14.5. The van der Waals surface area contributed by atoms with E-state index in [9.17, 15) is 0 Å². The fourth-order valence-corrected chi connectivity index (χ4v) is 2.32. The van der Waals surface area contributed by atoms with Gasteiger partial charge in [0.25, 0.3) is 0 Å². The smallest absolute Gasteiger partial charge is 0.0462 e. The molecular formula is C19H16N2. The van der Waals surface area contributed by atoms with Crippen LogP contribution in [0.5, 0.6) is 0 Å². The minimum absolute atomic E-state index is 0.903. The zero-order valence-corrected chi connectivity index (χ0v) is 11.6. The van der Waals surface area contributed by atoms with Crippen molar-refractivity contribution in [2.75, 3.05) is 4.90 Å². The van der Waals surface area contributed by atoms with Crippen LogP contribution in [0.4, 0.5) is 17.1 Å². The molecule has 0 fully saturated rings. The number of rotatable bonds is 4. The third-order valence-electron chi connectivity index (χ3n) is 3.35. The van der Waals surface area contributed by atoms with E-state index in [0.717, 1.165) is 22.6 Å². The van der Waals surface area contributed by atoms with Crippen molar-refractivity contribution in [1.29, 1.82) is 5.41 Å². The predicted octanol–water partition coefficient (Wildman–Crippen LogP) is 5.15. The van der Waals surface area contributed by atoms with Crippen LogP contribution in [-0.2, 0) is 0 Å². The molecular weight excluding hydrogens is 256 g/mol.